The molecule has 0 saturated heterocycles. The number of hydrogen-bond donors (Lipinski definition) is 1. The van der Waals surface area contributed by atoms with Crippen molar-refractivity contribution in [3.63, 3.8) is 0 Å². The monoisotopic (exact) mass is 241 g/mol. The molecule has 0 amide bonds. The number of rotatable bonds is 3. The van der Waals surface area contributed by atoms with Crippen molar-refractivity contribution in [2.45, 2.75) is 4.90 Å². The molecule has 0 saturated carbocycles. The van der Waals surface area contributed by atoms with Crippen molar-refractivity contribution in [3.05, 3.63) is 28.6 Å². The number of primary sulfonamides is 1. The van der Waals surface area contributed by atoms with E-state index in [0.29, 0.717) is 5.69 Å². The summed E-state index contributed by atoms with van der Waals surface area (Å²) in [6.07, 6.45) is 0. The van der Waals surface area contributed by atoms with Crippen molar-refractivity contribution in [2.75, 3.05) is 19.0 Å². The van der Waals surface area contributed by atoms with Gasteiger partial charge in [-0.3, -0.25) is 0 Å². The van der Waals surface area contributed by atoms with Gasteiger partial charge in [0.05, 0.1) is 10.6 Å². The van der Waals surface area contributed by atoms with Crippen LogP contribution in [-0.2, 0) is 10.0 Å². The second-order valence-electron chi connectivity index (χ2n) is 3.28. The van der Waals surface area contributed by atoms with Crippen molar-refractivity contribution in [1.29, 1.82) is 0 Å². The average molecular weight is 241 g/mol. The van der Waals surface area contributed by atoms with E-state index in [1.54, 1.807) is 19.0 Å². The first-order valence-corrected chi connectivity index (χ1v) is 5.80. The highest BCUT2D eigenvalue weighted by Gasteiger charge is 2.11. The van der Waals surface area contributed by atoms with Crippen molar-refractivity contribution in [3.8, 4) is 0 Å². The molecule has 0 spiro atoms. The first kappa shape index (κ1) is 12.3. The van der Waals surface area contributed by atoms with Gasteiger partial charge in [-0.05, 0) is 23.7 Å². The molecule has 2 N–H and O–H groups in total. The lowest BCUT2D eigenvalue weighted by Crippen LogP contribution is -2.13. The molecule has 0 radical (unpaired) electrons. The zero-order chi connectivity index (χ0) is 12.3. The number of benzene rings is 1. The van der Waals surface area contributed by atoms with Gasteiger partial charge in [-0.15, -0.1) is 0 Å². The Balaban J connectivity index is 3.45. The van der Waals surface area contributed by atoms with Crippen LogP contribution in [0.1, 0.15) is 0 Å². The minimum Gasteiger partial charge on any atom is -0.377 e. The summed E-state index contributed by atoms with van der Waals surface area (Å²) in [7, 11) is -0.283. The first-order chi connectivity index (χ1) is 7.36. The SMILES string of the molecule is CN(C)c1ccc(S(N)(=O)=O)cc1N=[N+]=[N-]. The summed E-state index contributed by atoms with van der Waals surface area (Å²) in [5, 5.41) is 8.39. The lowest BCUT2D eigenvalue weighted by molar-refractivity contribution is 0.598. The number of anilines is 1. The maximum Gasteiger partial charge on any atom is 0.238 e. The van der Waals surface area contributed by atoms with Crippen molar-refractivity contribution >= 4 is 21.4 Å². The largest absolute Gasteiger partial charge is 0.377 e. The van der Waals surface area contributed by atoms with Crippen LogP contribution in [0.3, 0.4) is 0 Å². The molecule has 0 aliphatic rings. The summed E-state index contributed by atoms with van der Waals surface area (Å²) in [4.78, 5) is 4.26. The Hall–Kier alpha value is -1.76. The van der Waals surface area contributed by atoms with E-state index in [1.165, 1.54) is 18.2 Å². The first-order valence-electron chi connectivity index (χ1n) is 4.25. The molecule has 0 bridgehead atoms. The van der Waals surface area contributed by atoms with E-state index in [0.717, 1.165) is 0 Å². The van der Waals surface area contributed by atoms with Crippen LogP contribution >= 0.6 is 0 Å². The molecule has 0 fully saturated rings. The van der Waals surface area contributed by atoms with E-state index in [4.69, 9.17) is 10.7 Å². The third-order valence-corrected chi connectivity index (χ3v) is 2.82. The Bertz CT molecular complexity index is 546. The summed E-state index contributed by atoms with van der Waals surface area (Å²) in [6.45, 7) is 0. The Morgan fingerprint density at radius 3 is 2.50 bits per heavy atom. The lowest BCUT2D eigenvalue weighted by Gasteiger charge is -2.15. The topological polar surface area (TPSA) is 112 Å². The molecule has 0 aliphatic heterocycles. The Morgan fingerprint density at radius 1 is 1.44 bits per heavy atom. The molecule has 8 heteroatoms. The molecular formula is C8H11N5O2S. The molecule has 1 rings (SSSR count). The highest BCUT2D eigenvalue weighted by atomic mass is 32.2. The molecule has 0 heterocycles. The van der Waals surface area contributed by atoms with Crippen LogP contribution in [0.15, 0.2) is 28.2 Å². The van der Waals surface area contributed by atoms with Gasteiger partial charge in [0.1, 0.15) is 0 Å². The third kappa shape index (κ3) is 2.63. The van der Waals surface area contributed by atoms with Gasteiger partial charge in [0.2, 0.25) is 10.0 Å². The summed E-state index contributed by atoms with van der Waals surface area (Å²) < 4.78 is 22.2. The van der Waals surface area contributed by atoms with Gasteiger partial charge in [0.15, 0.2) is 0 Å². The fraction of sp³-hybridized carbons (Fsp3) is 0.250. The Morgan fingerprint density at radius 2 is 2.06 bits per heavy atom. The lowest BCUT2D eigenvalue weighted by atomic mass is 10.2. The second kappa shape index (κ2) is 4.40. The molecule has 16 heavy (non-hydrogen) atoms. The quantitative estimate of drug-likeness (QED) is 0.489. The van der Waals surface area contributed by atoms with Gasteiger partial charge in [0.25, 0.3) is 0 Å². The van der Waals surface area contributed by atoms with E-state index in [1.807, 2.05) is 0 Å². The maximum atomic E-state index is 11.1. The molecule has 0 atom stereocenters. The molecular weight excluding hydrogens is 230 g/mol. The minimum absolute atomic E-state index is 0.0829. The van der Waals surface area contributed by atoms with Crippen molar-refractivity contribution < 1.29 is 8.42 Å². The highest BCUT2D eigenvalue weighted by Crippen LogP contribution is 2.29. The van der Waals surface area contributed by atoms with Gasteiger partial charge in [-0.25, -0.2) is 13.6 Å². The van der Waals surface area contributed by atoms with E-state index in [9.17, 15) is 8.42 Å². The standard InChI is InChI=1S/C8H11N5O2S/c1-13(2)8-4-3-6(16(10,14)15)5-7(8)11-12-9/h3-5H,1-2H3,(H2,10,14,15). The van der Waals surface area contributed by atoms with Crippen LogP contribution in [0, 0.1) is 0 Å². The molecule has 7 nitrogen and oxygen atoms in total. The number of azide groups is 1. The van der Waals surface area contributed by atoms with E-state index in [2.05, 4.69) is 10.0 Å². The van der Waals surface area contributed by atoms with E-state index < -0.39 is 10.0 Å². The zero-order valence-corrected chi connectivity index (χ0v) is 9.64. The fourth-order valence-electron chi connectivity index (χ4n) is 1.19. The smallest absolute Gasteiger partial charge is 0.238 e. The minimum atomic E-state index is -3.79. The van der Waals surface area contributed by atoms with Crippen LogP contribution in [0.4, 0.5) is 11.4 Å². The number of nitrogens with two attached hydrogens (primary N) is 1. The summed E-state index contributed by atoms with van der Waals surface area (Å²) >= 11 is 0. The normalized spacial score (nSPS) is 10.7. The molecule has 0 aromatic heterocycles. The number of sulfonamides is 1. The number of hydrogen-bond acceptors (Lipinski definition) is 4. The Labute approximate surface area is 93.2 Å². The van der Waals surface area contributed by atoms with Crippen molar-refractivity contribution in [2.24, 2.45) is 10.3 Å². The highest BCUT2D eigenvalue weighted by molar-refractivity contribution is 7.89. The van der Waals surface area contributed by atoms with Gasteiger partial charge in [-0.2, -0.15) is 0 Å². The maximum absolute atomic E-state index is 11.1. The summed E-state index contributed by atoms with van der Waals surface area (Å²) in [5.41, 5.74) is 9.22. The molecule has 1 aromatic rings. The Kier molecular flexibility index (Phi) is 3.38. The van der Waals surface area contributed by atoms with E-state index in [-0.39, 0.29) is 10.6 Å². The van der Waals surface area contributed by atoms with Gasteiger partial charge >= 0.3 is 0 Å². The predicted octanol–water partition coefficient (Wildman–Crippen LogP) is 1.34. The molecule has 0 aliphatic carbocycles. The molecule has 86 valence electrons. The van der Waals surface area contributed by atoms with Gasteiger partial charge < -0.3 is 4.90 Å². The third-order valence-electron chi connectivity index (χ3n) is 1.91. The average Bonchev–Trinajstić information content (AvgIpc) is 2.16. The molecule has 1 aromatic carbocycles. The fourth-order valence-corrected chi connectivity index (χ4v) is 1.72. The van der Waals surface area contributed by atoms with Crippen LogP contribution in [0.2, 0.25) is 0 Å². The zero-order valence-electron chi connectivity index (χ0n) is 8.82. The van der Waals surface area contributed by atoms with Crippen LogP contribution in [-0.4, -0.2) is 22.5 Å². The summed E-state index contributed by atoms with van der Waals surface area (Å²) in [6, 6.07) is 4.13. The number of nitrogens with zero attached hydrogens (tertiary/aromatic N) is 4. The van der Waals surface area contributed by atoms with Gasteiger partial charge in [0, 0.05) is 24.7 Å². The summed E-state index contributed by atoms with van der Waals surface area (Å²) in [5.74, 6) is 0. The molecule has 0 unspecified atom stereocenters. The van der Waals surface area contributed by atoms with Gasteiger partial charge in [-0.1, -0.05) is 5.11 Å². The van der Waals surface area contributed by atoms with Crippen LogP contribution < -0.4 is 10.0 Å². The second-order valence-corrected chi connectivity index (χ2v) is 4.84. The van der Waals surface area contributed by atoms with Crippen LogP contribution in [0.5, 0.6) is 0 Å². The van der Waals surface area contributed by atoms with Crippen molar-refractivity contribution in [1.82, 2.24) is 0 Å². The predicted molar refractivity (Wildman–Crippen MR) is 60.9 cm³/mol. The van der Waals surface area contributed by atoms with Crippen LogP contribution in [0.25, 0.3) is 10.4 Å². The van der Waals surface area contributed by atoms with E-state index >= 15 is 0 Å².